The third kappa shape index (κ3) is 6.20. The summed E-state index contributed by atoms with van der Waals surface area (Å²) < 4.78 is 40.5. The normalized spacial score (nSPS) is 26.5. The summed E-state index contributed by atoms with van der Waals surface area (Å²) in [5.74, 6) is -0.881. The van der Waals surface area contributed by atoms with E-state index in [-0.39, 0.29) is 23.4 Å². The van der Waals surface area contributed by atoms with Gasteiger partial charge in [0.1, 0.15) is 19.0 Å². The number of ether oxygens (including phenoxy) is 2. The van der Waals surface area contributed by atoms with Gasteiger partial charge in [0.15, 0.2) is 5.17 Å². The van der Waals surface area contributed by atoms with Gasteiger partial charge in [-0.05, 0) is 62.2 Å². The number of nitrogens with zero attached hydrogens (tertiary/aromatic N) is 3. The Bertz CT molecular complexity index is 972. The molecule has 0 bridgehead atoms. The molecule has 1 aliphatic carbocycles. The number of amides is 1. The van der Waals surface area contributed by atoms with Crippen LogP contribution in [0.15, 0.2) is 21.7 Å². The van der Waals surface area contributed by atoms with E-state index in [1.165, 1.54) is 22.9 Å². The SMILES string of the molecule is CC(C)(C)OC(=O)N(COCC[Si](C)(C)C)C1=N[C@](C)(c2cc(Br)cnc2F)C2C[C@]2(CF)S1. The summed E-state index contributed by atoms with van der Waals surface area (Å²) in [6, 6.07) is 2.56. The number of rotatable bonds is 7. The number of aromatic nitrogens is 1. The monoisotopic (exact) mass is 577 g/mol. The maximum absolute atomic E-state index is 14.9. The average Bonchev–Trinajstić information content (AvgIpc) is 3.44. The highest BCUT2D eigenvalue weighted by Gasteiger charge is 2.67. The number of amidine groups is 1. The molecule has 34 heavy (non-hydrogen) atoms. The zero-order chi connectivity index (χ0) is 25.5. The predicted molar refractivity (Wildman–Crippen MR) is 138 cm³/mol. The van der Waals surface area contributed by atoms with Gasteiger partial charge in [-0.1, -0.05) is 31.4 Å². The standard InChI is InChI=1S/C23H34BrF2N3O3SSi/c1-21(2,3)32-20(30)29(14-31-8-9-34(5,6)7)19-28-22(4,17-11-23(17,13-25)33-19)16-10-15(24)12-27-18(16)26/h10,12,17H,8-9,11,13-14H2,1-7H3/t17?,22-,23-/m1/s1. The molecule has 0 saturated heterocycles. The van der Waals surface area contributed by atoms with Crippen LogP contribution in [0, 0.1) is 11.9 Å². The Hall–Kier alpha value is -1.04. The molecule has 3 atom stereocenters. The van der Waals surface area contributed by atoms with E-state index in [9.17, 15) is 13.6 Å². The maximum Gasteiger partial charge on any atom is 0.418 e. The summed E-state index contributed by atoms with van der Waals surface area (Å²) in [5, 5.41) is 0.274. The smallest absolute Gasteiger partial charge is 0.418 e. The Balaban J connectivity index is 1.98. The lowest BCUT2D eigenvalue weighted by Crippen LogP contribution is -2.46. The molecule has 0 radical (unpaired) electrons. The fourth-order valence-corrected chi connectivity index (χ4v) is 6.55. The summed E-state index contributed by atoms with van der Waals surface area (Å²) in [4.78, 5) is 23.2. The highest BCUT2D eigenvalue weighted by atomic mass is 79.9. The molecule has 2 aliphatic rings. The molecular formula is C23H34BrF2N3O3SSi. The number of halogens is 3. The van der Waals surface area contributed by atoms with Crippen LogP contribution in [-0.2, 0) is 15.0 Å². The highest BCUT2D eigenvalue weighted by Crippen LogP contribution is 2.66. The summed E-state index contributed by atoms with van der Waals surface area (Å²) in [6.07, 6.45) is 1.26. The molecule has 0 aromatic carbocycles. The fraction of sp³-hybridized carbons (Fsp3) is 0.696. The van der Waals surface area contributed by atoms with Gasteiger partial charge in [-0.25, -0.2) is 19.1 Å². The summed E-state index contributed by atoms with van der Waals surface area (Å²) in [6.45, 7) is 13.6. The molecule has 1 aliphatic heterocycles. The molecule has 11 heteroatoms. The van der Waals surface area contributed by atoms with Crippen molar-refractivity contribution in [1.29, 1.82) is 0 Å². The second-order valence-electron chi connectivity index (χ2n) is 11.3. The van der Waals surface area contributed by atoms with Gasteiger partial charge >= 0.3 is 6.09 Å². The predicted octanol–water partition coefficient (Wildman–Crippen LogP) is 6.58. The molecule has 1 aromatic rings. The first-order chi connectivity index (χ1) is 15.6. The number of alkyl halides is 1. The van der Waals surface area contributed by atoms with E-state index < -0.39 is 42.7 Å². The van der Waals surface area contributed by atoms with Crippen LogP contribution >= 0.6 is 27.7 Å². The van der Waals surface area contributed by atoms with E-state index in [1.807, 2.05) is 0 Å². The van der Waals surface area contributed by atoms with Gasteiger partial charge in [0.2, 0.25) is 5.95 Å². The zero-order valence-corrected chi connectivity index (χ0v) is 24.3. The molecule has 6 nitrogen and oxygen atoms in total. The molecule has 1 fully saturated rings. The van der Waals surface area contributed by atoms with Crippen molar-refractivity contribution < 1.29 is 23.0 Å². The molecule has 2 heterocycles. The molecule has 0 N–H and O–H groups in total. The number of fused-ring (bicyclic) bond motifs is 1. The summed E-state index contributed by atoms with van der Waals surface area (Å²) >= 11 is 4.57. The van der Waals surface area contributed by atoms with Crippen LogP contribution in [-0.4, -0.2) is 59.6 Å². The van der Waals surface area contributed by atoms with E-state index in [2.05, 4.69) is 40.6 Å². The highest BCUT2D eigenvalue weighted by molar-refractivity contribution is 9.10. The third-order valence-electron chi connectivity index (χ3n) is 5.96. The molecule has 3 rings (SSSR count). The lowest BCUT2D eigenvalue weighted by Gasteiger charge is -2.37. The van der Waals surface area contributed by atoms with Gasteiger partial charge < -0.3 is 9.47 Å². The number of thioether (sulfide) groups is 1. The molecule has 1 saturated carbocycles. The zero-order valence-electron chi connectivity index (χ0n) is 20.9. The molecule has 0 spiro atoms. The maximum atomic E-state index is 14.9. The van der Waals surface area contributed by atoms with E-state index in [1.54, 1.807) is 33.8 Å². The van der Waals surface area contributed by atoms with Crippen molar-refractivity contribution in [2.45, 2.75) is 75.7 Å². The van der Waals surface area contributed by atoms with Gasteiger partial charge in [-0.15, -0.1) is 0 Å². The van der Waals surface area contributed by atoms with Crippen molar-refractivity contribution in [3.8, 4) is 0 Å². The van der Waals surface area contributed by atoms with Crippen molar-refractivity contribution >= 4 is 47.0 Å². The second kappa shape index (κ2) is 9.78. The topological polar surface area (TPSA) is 64.0 Å². The average molecular weight is 579 g/mol. The van der Waals surface area contributed by atoms with E-state index >= 15 is 0 Å². The van der Waals surface area contributed by atoms with Crippen LogP contribution in [0.1, 0.15) is 39.7 Å². The molecule has 1 amide bonds. The Kier molecular flexibility index (Phi) is 7.92. The summed E-state index contributed by atoms with van der Waals surface area (Å²) in [7, 11) is -1.33. The lowest BCUT2D eigenvalue weighted by molar-refractivity contribution is 0.0110. The fourth-order valence-electron chi connectivity index (χ4n) is 3.94. The second-order valence-corrected chi connectivity index (χ2v) is 19.3. The van der Waals surface area contributed by atoms with Crippen LogP contribution in [0.5, 0.6) is 0 Å². The van der Waals surface area contributed by atoms with Gasteiger partial charge in [-0.2, -0.15) is 4.39 Å². The Morgan fingerprint density at radius 1 is 1.38 bits per heavy atom. The van der Waals surface area contributed by atoms with Crippen LogP contribution in [0.4, 0.5) is 13.6 Å². The first-order valence-corrected chi connectivity index (χ1v) is 16.7. The number of carbonyl (C=O) groups excluding carboxylic acids is 1. The van der Waals surface area contributed by atoms with Crippen LogP contribution in [0.3, 0.4) is 0 Å². The van der Waals surface area contributed by atoms with Crippen molar-refractivity contribution in [2.24, 2.45) is 10.9 Å². The molecule has 190 valence electrons. The van der Waals surface area contributed by atoms with E-state index in [0.29, 0.717) is 17.5 Å². The Morgan fingerprint density at radius 2 is 2.06 bits per heavy atom. The van der Waals surface area contributed by atoms with Gasteiger partial charge in [-0.3, -0.25) is 4.99 Å². The van der Waals surface area contributed by atoms with Gasteiger partial charge in [0.05, 0.1) is 10.3 Å². The lowest BCUT2D eigenvalue weighted by atomic mass is 9.87. The van der Waals surface area contributed by atoms with Crippen molar-refractivity contribution in [1.82, 2.24) is 9.88 Å². The number of hydrogen-bond acceptors (Lipinski definition) is 6. The first-order valence-electron chi connectivity index (χ1n) is 11.3. The van der Waals surface area contributed by atoms with E-state index in [0.717, 1.165) is 6.04 Å². The first kappa shape index (κ1) is 27.5. The number of hydrogen-bond donors (Lipinski definition) is 0. The largest absolute Gasteiger partial charge is 0.443 e. The number of carbonyl (C=O) groups is 1. The van der Waals surface area contributed by atoms with E-state index in [4.69, 9.17) is 14.5 Å². The summed E-state index contributed by atoms with van der Waals surface area (Å²) in [5.41, 5.74) is -1.56. The van der Waals surface area contributed by atoms with Crippen LogP contribution in [0.2, 0.25) is 25.7 Å². The third-order valence-corrected chi connectivity index (χ3v) is 9.56. The molecule has 1 unspecified atom stereocenters. The molecule has 1 aromatic heterocycles. The van der Waals surface area contributed by atoms with Gasteiger partial charge in [0.25, 0.3) is 0 Å². The van der Waals surface area contributed by atoms with Crippen LogP contribution in [0.25, 0.3) is 0 Å². The Morgan fingerprint density at radius 3 is 2.65 bits per heavy atom. The minimum Gasteiger partial charge on any atom is -0.443 e. The van der Waals surface area contributed by atoms with Crippen molar-refractivity contribution in [3.63, 3.8) is 0 Å². The van der Waals surface area contributed by atoms with Crippen LogP contribution < -0.4 is 0 Å². The molecular weight excluding hydrogens is 544 g/mol. The minimum absolute atomic E-state index is 0.0758. The minimum atomic E-state index is -1.33. The number of aliphatic imine (C=N–C) groups is 1. The van der Waals surface area contributed by atoms with Crippen molar-refractivity contribution in [3.05, 3.63) is 28.2 Å². The number of pyridine rings is 1. The van der Waals surface area contributed by atoms with Crippen molar-refractivity contribution in [2.75, 3.05) is 20.0 Å². The van der Waals surface area contributed by atoms with Gasteiger partial charge in [0, 0.05) is 36.8 Å². The quantitative estimate of drug-likeness (QED) is 0.158. The Labute approximate surface area is 214 Å².